The largest absolute Gasteiger partial charge is 0.481 e. The zero-order chi connectivity index (χ0) is 25.1. The smallest absolute Gasteiger partial charge is 0.310 e. The van der Waals surface area contributed by atoms with Gasteiger partial charge in [0.2, 0.25) is 0 Å². The Bertz CT molecular complexity index is 916. The molecule has 5 rings (SSSR count). The maximum atomic E-state index is 12.9. The number of carbonyl (C=O) groups is 1. The van der Waals surface area contributed by atoms with E-state index in [0.717, 1.165) is 44.9 Å². The Labute approximate surface area is 208 Å². The Morgan fingerprint density at radius 1 is 0.882 bits per heavy atom. The summed E-state index contributed by atoms with van der Waals surface area (Å²) < 4.78 is 0. The molecule has 4 saturated carbocycles. The second kappa shape index (κ2) is 7.14. The summed E-state index contributed by atoms with van der Waals surface area (Å²) in [6, 6.07) is 0. The molecule has 3 nitrogen and oxygen atoms in total. The lowest BCUT2D eigenvalue weighted by molar-refractivity contribution is -0.208. The van der Waals surface area contributed by atoms with Crippen molar-refractivity contribution in [2.75, 3.05) is 0 Å². The molecule has 192 valence electrons. The predicted octanol–water partition coefficient (Wildman–Crippen LogP) is 7.48. The van der Waals surface area contributed by atoms with Gasteiger partial charge in [-0.1, -0.05) is 67.0 Å². The van der Waals surface area contributed by atoms with E-state index in [-0.39, 0.29) is 39.1 Å². The fraction of sp³-hybridized carbons (Fsp3) is 0.903. The van der Waals surface area contributed by atoms with Crippen LogP contribution in [0.15, 0.2) is 11.6 Å². The third-order valence-corrected chi connectivity index (χ3v) is 13.9. The average Bonchev–Trinajstić information content (AvgIpc) is 2.74. The van der Waals surface area contributed by atoms with Crippen LogP contribution in [0, 0.1) is 56.2 Å². The number of aliphatic hydroxyl groups is 1. The van der Waals surface area contributed by atoms with E-state index in [1.54, 1.807) is 0 Å². The van der Waals surface area contributed by atoms with Crippen molar-refractivity contribution < 1.29 is 15.0 Å². The number of aliphatic hydroxyl groups excluding tert-OH is 1. The molecule has 0 spiro atoms. The Hall–Kier alpha value is -0.830. The van der Waals surface area contributed by atoms with E-state index in [4.69, 9.17) is 0 Å². The number of fused-ring (bicyclic) bond motifs is 7. The molecule has 0 bridgehead atoms. The first kappa shape index (κ1) is 24.8. The number of carboxylic acids is 1. The standard InChI is InChI=1S/C31H50O3/c1-19-24-20-9-10-22-28(6)13-12-23(32)27(4,5)21(28)11-14-30(22,8)29(20,7)16-18-31(24,25(33)34)17-15-26(19,2)3/h9,19,21-24,32H,10-18H2,1-8H3,(H,33,34)/t19-,21+,22-,23+,24+,28+,29-,30-,31+/m1/s1. The molecule has 0 aromatic heterocycles. The van der Waals surface area contributed by atoms with Crippen LogP contribution in [0.5, 0.6) is 0 Å². The highest BCUT2D eigenvalue weighted by atomic mass is 16.4. The van der Waals surface area contributed by atoms with Gasteiger partial charge < -0.3 is 10.2 Å². The number of allylic oxidation sites excluding steroid dienone is 2. The van der Waals surface area contributed by atoms with Gasteiger partial charge in [0, 0.05) is 0 Å². The zero-order valence-electron chi connectivity index (χ0n) is 23.1. The fourth-order valence-electron chi connectivity index (χ4n) is 11.0. The minimum atomic E-state index is -0.582. The number of aliphatic carboxylic acids is 1. The van der Waals surface area contributed by atoms with Crippen LogP contribution < -0.4 is 0 Å². The lowest BCUT2D eigenvalue weighted by atomic mass is 9.33. The summed E-state index contributed by atoms with van der Waals surface area (Å²) in [6.45, 7) is 19.4. The van der Waals surface area contributed by atoms with Gasteiger partial charge in [-0.05, 0) is 109 Å². The predicted molar refractivity (Wildman–Crippen MR) is 137 cm³/mol. The Morgan fingerprint density at radius 3 is 2.18 bits per heavy atom. The van der Waals surface area contributed by atoms with Crippen LogP contribution in [0.4, 0.5) is 0 Å². The van der Waals surface area contributed by atoms with Gasteiger partial charge in [0.25, 0.3) is 0 Å². The highest BCUT2D eigenvalue weighted by Gasteiger charge is 2.70. The molecule has 4 fully saturated rings. The molecule has 0 amide bonds. The Balaban J connectivity index is 1.62. The lowest BCUT2D eigenvalue weighted by Crippen LogP contribution is -2.65. The average molecular weight is 471 g/mol. The van der Waals surface area contributed by atoms with E-state index in [1.807, 2.05) is 0 Å². The molecule has 0 unspecified atom stereocenters. The summed E-state index contributed by atoms with van der Waals surface area (Å²) in [5, 5.41) is 21.5. The number of hydrogen-bond donors (Lipinski definition) is 2. The van der Waals surface area contributed by atoms with Crippen molar-refractivity contribution in [1.82, 2.24) is 0 Å². The van der Waals surface area contributed by atoms with E-state index in [1.165, 1.54) is 18.4 Å². The van der Waals surface area contributed by atoms with Crippen LogP contribution in [0.3, 0.4) is 0 Å². The normalized spacial score (nSPS) is 53.4. The van der Waals surface area contributed by atoms with Gasteiger partial charge in [-0.25, -0.2) is 0 Å². The van der Waals surface area contributed by atoms with E-state index in [0.29, 0.717) is 17.8 Å². The first-order chi connectivity index (χ1) is 15.6. The van der Waals surface area contributed by atoms with Crippen molar-refractivity contribution in [3.63, 3.8) is 0 Å². The molecule has 34 heavy (non-hydrogen) atoms. The Morgan fingerprint density at radius 2 is 1.53 bits per heavy atom. The van der Waals surface area contributed by atoms with Crippen molar-refractivity contribution in [2.45, 2.75) is 119 Å². The van der Waals surface area contributed by atoms with Crippen molar-refractivity contribution >= 4 is 5.97 Å². The summed E-state index contributed by atoms with van der Waals surface area (Å²) >= 11 is 0. The zero-order valence-corrected chi connectivity index (χ0v) is 23.1. The first-order valence-electron chi connectivity index (χ1n) is 14.2. The summed E-state index contributed by atoms with van der Waals surface area (Å²) in [5.41, 5.74) is 1.56. The Kier molecular flexibility index (Phi) is 5.22. The highest BCUT2D eigenvalue weighted by molar-refractivity contribution is 5.76. The van der Waals surface area contributed by atoms with Crippen molar-refractivity contribution in [1.29, 1.82) is 0 Å². The van der Waals surface area contributed by atoms with E-state index in [9.17, 15) is 15.0 Å². The van der Waals surface area contributed by atoms with Crippen molar-refractivity contribution in [3.05, 3.63) is 11.6 Å². The molecule has 0 saturated heterocycles. The minimum absolute atomic E-state index is 0.0356. The molecule has 0 aliphatic heterocycles. The number of rotatable bonds is 1. The van der Waals surface area contributed by atoms with Gasteiger partial charge in [-0.15, -0.1) is 0 Å². The lowest BCUT2D eigenvalue weighted by Gasteiger charge is -2.71. The van der Waals surface area contributed by atoms with Gasteiger partial charge in [0.15, 0.2) is 0 Å². The second-order valence-electron chi connectivity index (χ2n) is 15.4. The quantitative estimate of drug-likeness (QED) is 0.391. The molecule has 2 N–H and O–H groups in total. The van der Waals surface area contributed by atoms with E-state index < -0.39 is 11.4 Å². The third kappa shape index (κ3) is 2.77. The molecule has 5 aliphatic carbocycles. The van der Waals surface area contributed by atoms with Gasteiger partial charge in [-0.3, -0.25) is 4.79 Å². The van der Waals surface area contributed by atoms with Crippen molar-refractivity contribution in [2.24, 2.45) is 56.2 Å². The van der Waals surface area contributed by atoms with E-state index >= 15 is 0 Å². The van der Waals surface area contributed by atoms with Crippen LogP contribution in [0.2, 0.25) is 0 Å². The summed E-state index contributed by atoms with van der Waals surface area (Å²) in [4.78, 5) is 12.9. The maximum Gasteiger partial charge on any atom is 0.310 e. The van der Waals surface area contributed by atoms with Crippen LogP contribution in [-0.2, 0) is 4.79 Å². The summed E-state index contributed by atoms with van der Waals surface area (Å²) in [5.74, 6) is 1.13. The van der Waals surface area contributed by atoms with Gasteiger partial charge in [0.05, 0.1) is 11.5 Å². The highest BCUT2D eigenvalue weighted by Crippen LogP contribution is 2.76. The van der Waals surface area contributed by atoms with Crippen LogP contribution in [-0.4, -0.2) is 22.3 Å². The molecule has 0 aromatic rings. The third-order valence-electron chi connectivity index (χ3n) is 13.9. The topological polar surface area (TPSA) is 57.5 Å². The van der Waals surface area contributed by atoms with Gasteiger partial charge in [0.1, 0.15) is 0 Å². The summed E-state index contributed by atoms with van der Waals surface area (Å²) in [7, 11) is 0. The molecule has 5 aliphatic rings. The molecule has 0 radical (unpaired) electrons. The molecule has 0 aromatic carbocycles. The van der Waals surface area contributed by atoms with Crippen LogP contribution in [0.25, 0.3) is 0 Å². The van der Waals surface area contributed by atoms with Crippen LogP contribution in [0.1, 0.15) is 113 Å². The number of carboxylic acid groups (broad SMARTS) is 1. The maximum absolute atomic E-state index is 12.9. The molecular weight excluding hydrogens is 420 g/mol. The molecule has 3 heteroatoms. The molecular formula is C31H50O3. The second-order valence-corrected chi connectivity index (χ2v) is 15.4. The summed E-state index contributed by atoms with van der Waals surface area (Å²) in [6.07, 6.45) is 11.5. The SMILES string of the molecule is C[C@@H]1[C@H]2C3=CC[C@@H]4[C@@]5(C)CC[C@H](O)C(C)(C)[C@@H]5CC[C@@]4(C)[C@]3(C)CC[C@@]2(C(=O)O)CCC1(C)C. The van der Waals surface area contributed by atoms with Crippen LogP contribution >= 0.6 is 0 Å². The molecule has 0 heterocycles. The number of hydrogen-bond acceptors (Lipinski definition) is 2. The van der Waals surface area contributed by atoms with Gasteiger partial charge in [-0.2, -0.15) is 0 Å². The molecule has 9 atom stereocenters. The van der Waals surface area contributed by atoms with Crippen molar-refractivity contribution in [3.8, 4) is 0 Å². The fourth-order valence-corrected chi connectivity index (χ4v) is 11.0. The first-order valence-corrected chi connectivity index (χ1v) is 14.2. The van der Waals surface area contributed by atoms with E-state index in [2.05, 4.69) is 61.5 Å². The minimum Gasteiger partial charge on any atom is -0.481 e. The monoisotopic (exact) mass is 470 g/mol. The van der Waals surface area contributed by atoms with Gasteiger partial charge >= 0.3 is 5.97 Å².